The lowest BCUT2D eigenvalue weighted by Gasteiger charge is -2.20. The molecule has 0 aliphatic heterocycles. The summed E-state index contributed by atoms with van der Waals surface area (Å²) in [7, 11) is 0. The first kappa shape index (κ1) is 18.9. The monoisotopic (exact) mass is 398 g/mol. The number of nitrogens with zero attached hydrogens (tertiary/aromatic N) is 1. The Kier molecular flexibility index (Phi) is 5.36. The fraction of sp³-hybridized carbons (Fsp3) is 0.409. The first-order valence-electron chi connectivity index (χ1n) is 9.90. The number of carbonyl (C=O) groups excluding carboxylic acids is 1. The number of hydrogen-bond donors (Lipinski definition) is 2. The molecule has 28 heavy (non-hydrogen) atoms. The molecule has 2 aliphatic carbocycles. The van der Waals surface area contributed by atoms with Gasteiger partial charge in [-0.2, -0.15) is 0 Å². The van der Waals surface area contributed by atoms with Gasteiger partial charge in [-0.05, 0) is 85.4 Å². The van der Waals surface area contributed by atoms with Crippen molar-refractivity contribution in [3.63, 3.8) is 0 Å². The van der Waals surface area contributed by atoms with Crippen LogP contribution in [0.2, 0.25) is 5.15 Å². The van der Waals surface area contributed by atoms with Gasteiger partial charge in [-0.3, -0.25) is 4.79 Å². The van der Waals surface area contributed by atoms with Crippen molar-refractivity contribution in [1.29, 1.82) is 0 Å². The average molecular weight is 399 g/mol. The molecule has 2 N–H and O–H groups in total. The molecule has 1 aromatic carbocycles. The van der Waals surface area contributed by atoms with Crippen molar-refractivity contribution in [3.8, 4) is 0 Å². The number of benzene rings is 1. The van der Waals surface area contributed by atoms with Crippen LogP contribution in [0.4, 0.5) is 5.82 Å². The highest BCUT2D eigenvalue weighted by atomic mass is 35.5. The molecule has 2 aliphatic rings. The SMILES string of the molecule is O=C(Nc1ccc(C(=O)O)c(Cl)n1)c1cc2c3c(c1)CCCCC3CCCC2. The van der Waals surface area contributed by atoms with E-state index in [0.717, 1.165) is 12.8 Å². The van der Waals surface area contributed by atoms with Crippen LogP contribution >= 0.6 is 11.6 Å². The maximum atomic E-state index is 12.9. The van der Waals surface area contributed by atoms with Gasteiger partial charge in [-0.1, -0.05) is 24.4 Å². The highest BCUT2D eigenvalue weighted by molar-refractivity contribution is 6.32. The van der Waals surface area contributed by atoms with Gasteiger partial charge in [0.25, 0.3) is 5.91 Å². The number of anilines is 1. The second-order valence-corrected chi connectivity index (χ2v) is 8.05. The summed E-state index contributed by atoms with van der Waals surface area (Å²) in [5.41, 5.74) is 4.69. The van der Waals surface area contributed by atoms with Gasteiger partial charge in [0, 0.05) is 5.56 Å². The molecule has 2 aromatic rings. The van der Waals surface area contributed by atoms with Crippen molar-refractivity contribution >= 4 is 29.3 Å². The third kappa shape index (κ3) is 3.76. The molecule has 6 heteroatoms. The standard InChI is InChI=1S/C22H23ClN2O3/c23-20-17(22(27)28)9-10-18(24-20)25-21(26)16-11-14-7-3-1-5-13-6-2-4-8-15(12-16)19(13)14/h9-13H,1-8H2,(H,27,28)(H,24,25,26). The maximum absolute atomic E-state index is 12.9. The van der Waals surface area contributed by atoms with E-state index in [4.69, 9.17) is 16.7 Å². The van der Waals surface area contributed by atoms with E-state index in [0.29, 0.717) is 11.5 Å². The van der Waals surface area contributed by atoms with Gasteiger partial charge in [0.1, 0.15) is 11.0 Å². The number of pyridine rings is 1. The Morgan fingerprint density at radius 3 is 2.25 bits per heavy atom. The van der Waals surface area contributed by atoms with E-state index in [9.17, 15) is 9.59 Å². The molecule has 0 spiro atoms. The summed E-state index contributed by atoms with van der Waals surface area (Å²) >= 11 is 5.91. The maximum Gasteiger partial charge on any atom is 0.338 e. The summed E-state index contributed by atoms with van der Waals surface area (Å²) in [4.78, 5) is 27.9. The van der Waals surface area contributed by atoms with Crippen LogP contribution < -0.4 is 5.32 Å². The smallest absolute Gasteiger partial charge is 0.338 e. The molecule has 0 unspecified atom stereocenters. The lowest BCUT2D eigenvalue weighted by Crippen LogP contribution is -2.15. The number of hydrogen-bond acceptors (Lipinski definition) is 3. The third-order valence-electron chi connectivity index (χ3n) is 5.84. The van der Waals surface area contributed by atoms with Crippen LogP contribution in [0.15, 0.2) is 24.3 Å². The van der Waals surface area contributed by atoms with Crippen LogP contribution in [0.3, 0.4) is 0 Å². The molecule has 0 saturated heterocycles. The Balaban J connectivity index is 1.63. The van der Waals surface area contributed by atoms with Crippen LogP contribution in [0.1, 0.15) is 81.8 Å². The molecule has 0 atom stereocenters. The molecule has 0 bridgehead atoms. The van der Waals surface area contributed by atoms with Crippen LogP contribution in [-0.2, 0) is 12.8 Å². The Labute approximate surface area is 169 Å². The molecule has 146 valence electrons. The van der Waals surface area contributed by atoms with Gasteiger partial charge in [0.2, 0.25) is 0 Å². The predicted octanol–water partition coefficient (Wildman–Crippen LogP) is 5.22. The minimum atomic E-state index is -1.15. The molecule has 0 radical (unpaired) electrons. The number of aryl methyl sites for hydroxylation is 2. The first-order chi connectivity index (χ1) is 13.5. The number of aromatic nitrogens is 1. The average Bonchev–Trinajstić information content (AvgIpc) is 2.99. The lowest BCUT2D eigenvalue weighted by atomic mass is 9.86. The Hall–Kier alpha value is -2.40. The number of aromatic carboxylic acids is 1. The van der Waals surface area contributed by atoms with Crippen molar-refractivity contribution in [2.75, 3.05) is 5.32 Å². The van der Waals surface area contributed by atoms with E-state index in [1.54, 1.807) is 0 Å². The zero-order chi connectivity index (χ0) is 19.7. The number of carboxylic acids is 1. The quantitative estimate of drug-likeness (QED) is 0.694. The van der Waals surface area contributed by atoms with E-state index >= 15 is 0 Å². The zero-order valence-electron chi connectivity index (χ0n) is 15.6. The fourth-order valence-corrected chi connectivity index (χ4v) is 4.78. The number of carbonyl (C=O) groups is 2. The predicted molar refractivity (Wildman–Crippen MR) is 108 cm³/mol. The molecule has 5 nitrogen and oxygen atoms in total. The molecule has 4 rings (SSSR count). The molecular formula is C22H23ClN2O3. The van der Waals surface area contributed by atoms with Crippen molar-refractivity contribution < 1.29 is 14.7 Å². The Morgan fingerprint density at radius 1 is 1.04 bits per heavy atom. The van der Waals surface area contributed by atoms with Crippen LogP contribution in [-0.4, -0.2) is 22.0 Å². The van der Waals surface area contributed by atoms with Gasteiger partial charge in [-0.15, -0.1) is 0 Å². The second-order valence-electron chi connectivity index (χ2n) is 7.69. The summed E-state index contributed by atoms with van der Waals surface area (Å²) in [6.07, 6.45) is 9.39. The van der Waals surface area contributed by atoms with E-state index in [2.05, 4.69) is 10.3 Å². The van der Waals surface area contributed by atoms with E-state index < -0.39 is 5.97 Å². The zero-order valence-corrected chi connectivity index (χ0v) is 16.4. The van der Waals surface area contributed by atoms with Gasteiger partial charge in [0.05, 0.1) is 5.56 Å². The Morgan fingerprint density at radius 2 is 1.68 bits per heavy atom. The summed E-state index contributed by atoms with van der Waals surface area (Å²) in [5.74, 6) is -0.503. The summed E-state index contributed by atoms with van der Waals surface area (Å²) < 4.78 is 0. The van der Waals surface area contributed by atoms with Crippen LogP contribution in [0.5, 0.6) is 0 Å². The fourth-order valence-electron chi connectivity index (χ4n) is 4.55. The van der Waals surface area contributed by atoms with Gasteiger partial charge >= 0.3 is 5.97 Å². The molecule has 1 aromatic heterocycles. The van der Waals surface area contributed by atoms with Gasteiger partial charge < -0.3 is 10.4 Å². The second kappa shape index (κ2) is 7.92. The molecule has 0 saturated carbocycles. The van der Waals surface area contributed by atoms with Gasteiger partial charge in [0.15, 0.2) is 0 Å². The minimum Gasteiger partial charge on any atom is -0.478 e. The molecule has 0 fully saturated rings. The van der Waals surface area contributed by atoms with Crippen molar-refractivity contribution in [3.05, 3.63) is 57.2 Å². The Bertz CT molecular complexity index is 908. The van der Waals surface area contributed by atoms with Crippen molar-refractivity contribution in [1.82, 2.24) is 4.98 Å². The topological polar surface area (TPSA) is 79.3 Å². The lowest BCUT2D eigenvalue weighted by molar-refractivity contribution is 0.0696. The number of nitrogens with one attached hydrogen (secondary N) is 1. The number of rotatable bonds is 3. The number of carboxylic acid groups (broad SMARTS) is 1. The van der Waals surface area contributed by atoms with E-state index in [-0.39, 0.29) is 22.4 Å². The third-order valence-corrected chi connectivity index (χ3v) is 6.13. The van der Waals surface area contributed by atoms with E-state index in [1.165, 1.54) is 67.3 Å². The molecular weight excluding hydrogens is 376 g/mol. The minimum absolute atomic E-state index is 0.0867. The summed E-state index contributed by atoms with van der Waals surface area (Å²) in [5, 5.41) is 11.7. The molecule has 1 heterocycles. The van der Waals surface area contributed by atoms with Crippen molar-refractivity contribution in [2.45, 2.75) is 57.3 Å². The molecule has 1 amide bonds. The van der Waals surface area contributed by atoms with Crippen LogP contribution in [0.25, 0.3) is 0 Å². The number of halogens is 1. The van der Waals surface area contributed by atoms with Crippen molar-refractivity contribution in [2.24, 2.45) is 0 Å². The van der Waals surface area contributed by atoms with Gasteiger partial charge in [-0.25, -0.2) is 9.78 Å². The number of amides is 1. The summed E-state index contributed by atoms with van der Waals surface area (Å²) in [6, 6.07) is 6.88. The van der Waals surface area contributed by atoms with Crippen LogP contribution in [0, 0.1) is 0 Å². The highest BCUT2D eigenvalue weighted by Gasteiger charge is 2.25. The summed E-state index contributed by atoms with van der Waals surface area (Å²) in [6.45, 7) is 0. The van der Waals surface area contributed by atoms with E-state index in [1.807, 2.05) is 12.1 Å². The first-order valence-corrected chi connectivity index (χ1v) is 10.3. The largest absolute Gasteiger partial charge is 0.478 e. The normalized spacial score (nSPS) is 16.6. The highest BCUT2D eigenvalue weighted by Crippen LogP contribution is 2.40.